The van der Waals surface area contributed by atoms with Crippen LogP contribution in [-0.4, -0.2) is 65.8 Å². The SMILES string of the molecule is COc1ccc(C(CNS(=O)(=O)c2cc3c(cc2Cl)NC(=O)CO3)N2CCOCC2)cc1. The summed E-state index contributed by atoms with van der Waals surface area (Å²) in [5.74, 6) is 0.660. The van der Waals surface area contributed by atoms with Crippen molar-refractivity contribution in [1.29, 1.82) is 0 Å². The lowest BCUT2D eigenvalue weighted by molar-refractivity contribution is -0.118. The Balaban J connectivity index is 1.57. The number of halogens is 1. The first-order valence-electron chi connectivity index (χ1n) is 10.1. The first kappa shape index (κ1) is 22.8. The van der Waals surface area contributed by atoms with Crippen molar-refractivity contribution in [3.05, 3.63) is 47.0 Å². The fourth-order valence-corrected chi connectivity index (χ4v) is 5.31. The van der Waals surface area contributed by atoms with Crippen molar-refractivity contribution in [1.82, 2.24) is 9.62 Å². The zero-order valence-electron chi connectivity index (χ0n) is 17.5. The van der Waals surface area contributed by atoms with E-state index < -0.39 is 10.0 Å². The molecule has 0 spiro atoms. The van der Waals surface area contributed by atoms with Gasteiger partial charge in [-0.15, -0.1) is 0 Å². The Morgan fingerprint density at radius 3 is 2.62 bits per heavy atom. The maximum Gasteiger partial charge on any atom is 0.262 e. The van der Waals surface area contributed by atoms with Gasteiger partial charge in [0, 0.05) is 31.7 Å². The van der Waals surface area contributed by atoms with Gasteiger partial charge < -0.3 is 19.5 Å². The average molecular weight is 482 g/mol. The molecule has 4 rings (SSSR count). The number of nitrogens with zero attached hydrogens (tertiary/aromatic N) is 1. The van der Waals surface area contributed by atoms with Gasteiger partial charge in [-0.2, -0.15) is 0 Å². The predicted octanol–water partition coefficient (Wildman–Crippen LogP) is 2.03. The van der Waals surface area contributed by atoms with Gasteiger partial charge in [0.1, 0.15) is 16.4 Å². The van der Waals surface area contributed by atoms with Gasteiger partial charge >= 0.3 is 0 Å². The van der Waals surface area contributed by atoms with Crippen molar-refractivity contribution in [3.8, 4) is 11.5 Å². The second-order valence-corrected chi connectivity index (χ2v) is 9.55. The highest BCUT2D eigenvalue weighted by atomic mass is 35.5. The fourth-order valence-electron chi connectivity index (χ4n) is 3.73. The van der Waals surface area contributed by atoms with Crippen molar-refractivity contribution in [2.75, 3.05) is 51.9 Å². The molecule has 172 valence electrons. The summed E-state index contributed by atoms with van der Waals surface area (Å²) < 4.78 is 45.0. The summed E-state index contributed by atoms with van der Waals surface area (Å²) in [5.41, 5.74) is 1.30. The van der Waals surface area contributed by atoms with Gasteiger partial charge in [-0.3, -0.25) is 9.69 Å². The lowest BCUT2D eigenvalue weighted by atomic mass is 10.0. The van der Waals surface area contributed by atoms with Crippen LogP contribution in [0.1, 0.15) is 11.6 Å². The maximum absolute atomic E-state index is 13.1. The zero-order chi connectivity index (χ0) is 22.7. The topological polar surface area (TPSA) is 106 Å². The van der Waals surface area contributed by atoms with E-state index in [0.29, 0.717) is 32.0 Å². The smallest absolute Gasteiger partial charge is 0.262 e. The molecular weight excluding hydrogens is 458 g/mol. The molecule has 1 fully saturated rings. The van der Waals surface area contributed by atoms with Crippen LogP contribution in [0.5, 0.6) is 11.5 Å². The number of carbonyl (C=O) groups excluding carboxylic acids is 1. The van der Waals surface area contributed by atoms with E-state index in [1.807, 2.05) is 24.3 Å². The third-order valence-electron chi connectivity index (χ3n) is 5.41. The highest BCUT2D eigenvalue weighted by molar-refractivity contribution is 7.89. The molecule has 2 aromatic carbocycles. The molecule has 1 amide bonds. The number of ether oxygens (including phenoxy) is 3. The zero-order valence-corrected chi connectivity index (χ0v) is 19.0. The summed E-state index contributed by atoms with van der Waals surface area (Å²) in [6.45, 7) is 2.49. The van der Waals surface area contributed by atoms with E-state index in [9.17, 15) is 13.2 Å². The number of hydrogen-bond donors (Lipinski definition) is 2. The molecule has 1 unspecified atom stereocenters. The van der Waals surface area contributed by atoms with Gasteiger partial charge in [0.15, 0.2) is 6.61 Å². The number of amides is 1. The van der Waals surface area contributed by atoms with E-state index in [1.54, 1.807) is 7.11 Å². The van der Waals surface area contributed by atoms with Crippen LogP contribution in [0.15, 0.2) is 41.3 Å². The molecule has 2 aromatic rings. The van der Waals surface area contributed by atoms with Crippen molar-refractivity contribution in [2.24, 2.45) is 0 Å². The second kappa shape index (κ2) is 9.63. The summed E-state index contributed by atoms with van der Waals surface area (Å²) >= 11 is 6.24. The largest absolute Gasteiger partial charge is 0.497 e. The fraction of sp³-hybridized carbons (Fsp3) is 0.381. The Bertz CT molecular complexity index is 1090. The molecule has 11 heteroatoms. The number of carbonyl (C=O) groups is 1. The summed E-state index contributed by atoms with van der Waals surface area (Å²) in [4.78, 5) is 13.6. The van der Waals surface area contributed by atoms with E-state index in [4.69, 9.17) is 25.8 Å². The lowest BCUT2D eigenvalue weighted by Gasteiger charge is -2.35. The number of rotatable bonds is 7. The number of hydrogen-bond acceptors (Lipinski definition) is 7. The van der Waals surface area contributed by atoms with Crippen LogP contribution in [0.2, 0.25) is 5.02 Å². The number of benzene rings is 2. The number of sulfonamides is 1. The molecule has 0 aromatic heterocycles. The standard InChI is InChI=1S/C21H24ClN3O6S/c1-29-15-4-2-14(3-5-15)18(25-6-8-30-9-7-25)12-23-32(27,28)20-11-19-17(10-16(20)22)24-21(26)13-31-19/h2-5,10-11,18,23H,6-9,12-13H2,1H3,(H,24,26). The molecule has 2 N–H and O–H groups in total. The maximum atomic E-state index is 13.1. The molecule has 1 atom stereocenters. The Hall–Kier alpha value is -2.37. The number of methoxy groups -OCH3 is 1. The van der Waals surface area contributed by atoms with Gasteiger partial charge in [-0.1, -0.05) is 23.7 Å². The molecule has 0 aliphatic carbocycles. The van der Waals surface area contributed by atoms with Gasteiger partial charge in [0.05, 0.1) is 31.0 Å². The average Bonchev–Trinajstić information content (AvgIpc) is 2.79. The molecule has 2 aliphatic heterocycles. The van der Waals surface area contributed by atoms with Crippen LogP contribution in [0, 0.1) is 0 Å². The van der Waals surface area contributed by atoms with Crippen LogP contribution in [-0.2, 0) is 19.6 Å². The molecule has 0 bridgehead atoms. The van der Waals surface area contributed by atoms with Gasteiger partial charge in [-0.25, -0.2) is 13.1 Å². The first-order valence-corrected chi connectivity index (χ1v) is 11.9. The lowest BCUT2D eigenvalue weighted by Crippen LogP contribution is -2.43. The summed E-state index contributed by atoms with van der Waals surface area (Å²) in [6, 6.07) is 10.1. The van der Waals surface area contributed by atoms with Gasteiger partial charge in [-0.05, 0) is 23.8 Å². The van der Waals surface area contributed by atoms with E-state index in [-0.39, 0.29) is 40.8 Å². The minimum atomic E-state index is -3.95. The van der Waals surface area contributed by atoms with Crippen molar-refractivity contribution >= 4 is 33.2 Å². The summed E-state index contributed by atoms with van der Waals surface area (Å²) in [5, 5.41) is 2.61. The molecular formula is C21H24ClN3O6S. The van der Waals surface area contributed by atoms with E-state index in [0.717, 1.165) is 11.3 Å². The molecule has 2 heterocycles. The predicted molar refractivity (Wildman–Crippen MR) is 119 cm³/mol. The van der Waals surface area contributed by atoms with Crippen LogP contribution in [0.25, 0.3) is 0 Å². The van der Waals surface area contributed by atoms with Crippen molar-refractivity contribution < 1.29 is 27.4 Å². The number of fused-ring (bicyclic) bond motifs is 1. The summed E-state index contributed by atoms with van der Waals surface area (Å²) in [7, 11) is -2.35. The molecule has 1 saturated heterocycles. The number of anilines is 1. The molecule has 2 aliphatic rings. The number of nitrogens with one attached hydrogen (secondary N) is 2. The second-order valence-electron chi connectivity index (χ2n) is 7.40. The van der Waals surface area contributed by atoms with E-state index in [1.165, 1.54) is 12.1 Å². The Labute approximate surface area is 191 Å². The van der Waals surface area contributed by atoms with E-state index >= 15 is 0 Å². The Morgan fingerprint density at radius 2 is 1.94 bits per heavy atom. The van der Waals surface area contributed by atoms with Crippen LogP contribution in [0.3, 0.4) is 0 Å². The molecule has 0 saturated carbocycles. The minimum Gasteiger partial charge on any atom is -0.497 e. The molecule has 9 nitrogen and oxygen atoms in total. The van der Waals surface area contributed by atoms with Crippen LogP contribution >= 0.6 is 11.6 Å². The molecule has 0 radical (unpaired) electrons. The van der Waals surface area contributed by atoms with Crippen molar-refractivity contribution in [3.63, 3.8) is 0 Å². The third kappa shape index (κ3) is 5.00. The Kier molecular flexibility index (Phi) is 6.87. The summed E-state index contributed by atoms with van der Waals surface area (Å²) in [6.07, 6.45) is 0. The van der Waals surface area contributed by atoms with Gasteiger partial charge in [0.25, 0.3) is 5.91 Å². The highest BCUT2D eigenvalue weighted by Crippen LogP contribution is 2.35. The normalized spacial score (nSPS) is 17.8. The third-order valence-corrected chi connectivity index (χ3v) is 7.30. The minimum absolute atomic E-state index is 0.00517. The molecule has 32 heavy (non-hydrogen) atoms. The first-order chi connectivity index (χ1) is 15.4. The van der Waals surface area contributed by atoms with E-state index in [2.05, 4.69) is 14.9 Å². The van der Waals surface area contributed by atoms with Crippen molar-refractivity contribution in [2.45, 2.75) is 10.9 Å². The number of morpholine rings is 1. The van der Waals surface area contributed by atoms with Crippen LogP contribution in [0.4, 0.5) is 5.69 Å². The van der Waals surface area contributed by atoms with Crippen LogP contribution < -0.4 is 19.5 Å². The quantitative estimate of drug-likeness (QED) is 0.623. The van der Waals surface area contributed by atoms with Gasteiger partial charge in [0.2, 0.25) is 10.0 Å². The highest BCUT2D eigenvalue weighted by Gasteiger charge is 2.28. The monoisotopic (exact) mass is 481 g/mol. The Morgan fingerprint density at radius 1 is 1.22 bits per heavy atom.